The van der Waals surface area contributed by atoms with E-state index in [4.69, 9.17) is 30.6 Å². The minimum Gasteiger partial charge on any atom is -0.295 e. The number of carbonyl (C=O) groups excluding carboxylic acids is 5. The van der Waals surface area contributed by atoms with E-state index in [1.165, 1.54) is 25.0 Å². The van der Waals surface area contributed by atoms with Gasteiger partial charge >= 0.3 is 0 Å². The average Bonchev–Trinajstić information content (AvgIpc) is 1.63. The lowest BCUT2D eigenvalue weighted by Gasteiger charge is -2.22. The van der Waals surface area contributed by atoms with Crippen molar-refractivity contribution in [2.24, 2.45) is 25.5 Å². The molecule has 20 heteroatoms. The van der Waals surface area contributed by atoms with Crippen LogP contribution in [0, 0.1) is 41.5 Å². The summed E-state index contributed by atoms with van der Waals surface area (Å²) in [5, 5.41) is 42.9. The highest BCUT2D eigenvalue weighted by Gasteiger charge is 2.41. The van der Waals surface area contributed by atoms with Crippen LogP contribution >= 0.6 is 0 Å². The van der Waals surface area contributed by atoms with Crippen molar-refractivity contribution >= 4 is 58.3 Å². The Hall–Kier alpha value is -15.7. The van der Waals surface area contributed by atoms with Crippen LogP contribution in [0.1, 0.15) is 182 Å². The normalized spacial score (nSPS) is 15.1. The number of carbonyl (C=O) groups is 5. The molecule has 0 N–H and O–H groups in total. The molecule has 0 radical (unpaired) electrons. The second-order valence-electron chi connectivity index (χ2n) is 31.9. The molecule has 3 amide bonds. The van der Waals surface area contributed by atoms with Crippen molar-refractivity contribution < 1.29 is 24.0 Å². The van der Waals surface area contributed by atoms with Gasteiger partial charge in [-0.25, -0.2) is 29.1 Å². The molecule has 3 unspecified atom stereocenters. The summed E-state index contributed by atoms with van der Waals surface area (Å²) < 4.78 is 5.57. The maximum atomic E-state index is 14.3. The quantitative estimate of drug-likeness (QED) is 0.0744. The van der Waals surface area contributed by atoms with Gasteiger partial charge in [-0.3, -0.25) is 29.0 Å². The number of ketones is 2. The average molecular weight is 1640 g/mol. The number of aryl methyl sites for hydroxylation is 6. The minimum atomic E-state index is -0.415. The molecular formula is C105H89N15O5. The van der Waals surface area contributed by atoms with E-state index in [9.17, 15) is 24.0 Å². The predicted molar refractivity (Wildman–Crippen MR) is 492 cm³/mol. The fraction of sp³-hybridized carbons (Fsp3) is 0.143. The number of para-hydroxylation sites is 2. The van der Waals surface area contributed by atoms with Gasteiger partial charge < -0.3 is 0 Å². The fourth-order valence-electron chi connectivity index (χ4n) is 15.8. The smallest absolute Gasteiger partial charge is 0.274 e. The van der Waals surface area contributed by atoms with E-state index in [1.807, 2.05) is 194 Å². The molecule has 4 aromatic heterocycles. The number of benzene rings is 11. The van der Waals surface area contributed by atoms with Gasteiger partial charge in [-0.15, -0.1) is 0 Å². The van der Waals surface area contributed by atoms with Gasteiger partial charge in [-0.1, -0.05) is 252 Å². The lowest BCUT2D eigenvalue weighted by atomic mass is 9.95. The first-order valence-corrected chi connectivity index (χ1v) is 41.6. The van der Waals surface area contributed by atoms with Gasteiger partial charge in [-0.2, -0.15) is 40.8 Å². The fourth-order valence-corrected chi connectivity index (χ4v) is 15.8. The summed E-state index contributed by atoms with van der Waals surface area (Å²) in [5.41, 5.74) is 27.2. The summed E-state index contributed by atoms with van der Waals surface area (Å²) in [5.74, 6) is -0.893. The monoisotopic (exact) mass is 1640 g/mol. The van der Waals surface area contributed by atoms with Crippen LogP contribution in [-0.4, -0.2) is 108 Å². The third-order valence-corrected chi connectivity index (χ3v) is 22.8. The zero-order chi connectivity index (χ0) is 86.4. The first-order chi connectivity index (χ1) is 60.8. The SMILES string of the molecule is CC(=O)c1cccc(C(=O)N2N=C(c3ccc(C)cc3)CC2c2cn(-c3ccccc3)nc2-c2ccc(C)cc2)c1.CC(=O)c1cccc(C(=O)N2N=C(c3ccc(C)cc3)CC2c2cn(-c3cccnc3)nc2-c2ccc(C)cc2)c1.Cc1ccc(C2=NN(C(=O)c3cccc(C4=NN=CC4)c3)C(c3cn(-c4ccccc4)nc3-c3ccc(C)cc3)C2)cc1. The van der Waals surface area contributed by atoms with Gasteiger partial charge in [0.1, 0.15) is 0 Å². The van der Waals surface area contributed by atoms with E-state index in [-0.39, 0.29) is 35.3 Å². The Morgan fingerprint density at radius 3 is 0.936 bits per heavy atom. The Morgan fingerprint density at radius 1 is 0.304 bits per heavy atom. The van der Waals surface area contributed by atoms with E-state index < -0.39 is 12.1 Å². The molecule has 0 saturated heterocycles. The summed E-state index contributed by atoms with van der Waals surface area (Å²) in [6.07, 6.45) is 13.5. The van der Waals surface area contributed by atoms with Crippen LogP contribution in [0.3, 0.4) is 0 Å². The second-order valence-corrected chi connectivity index (χ2v) is 31.9. The van der Waals surface area contributed by atoms with Gasteiger partial charge in [0.2, 0.25) is 0 Å². The summed E-state index contributed by atoms with van der Waals surface area (Å²) in [7, 11) is 0. The van der Waals surface area contributed by atoms with Crippen LogP contribution in [0.2, 0.25) is 0 Å². The third-order valence-electron chi connectivity index (χ3n) is 22.8. The van der Waals surface area contributed by atoms with Gasteiger partial charge in [-0.05, 0) is 150 Å². The predicted octanol–water partition coefficient (Wildman–Crippen LogP) is 21.4. The van der Waals surface area contributed by atoms with E-state index in [0.29, 0.717) is 53.5 Å². The van der Waals surface area contributed by atoms with E-state index in [2.05, 4.69) is 133 Å². The van der Waals surface area contributed by atoms with Gasteiger partial charge in [0, 0.05) is 118 Å². The molecule has 125 heavy (non-hydrogen) atoms. The van der Waals surface area contributed by atoms with Gasteiger partial charge in [0.05, 0.1) is 81.3 Å². The topological polar surface area (TPSA) is 223 Å². The van der Waals surface area contributed by atoms with Crippen molar-refractivity contribution in [3.63, 3.8) is 0 Å². The van der Waals surface area contributed by atoms with Gasteiger partial charge in [0.25, 0.3) is 17.7 Å². The molecule has 0 aliphatic carbocycles. The molecule has 15 aromatic rings. The number of aromatic nitrogens is 7. The third kappa shape index (κ3) is 17.9. The lowest BCUT2D eigenvalue weighted by Crippen LogP contribution is -2.27. The molecule has 19 rings (SSSR count). The number of nitrogens with zero attached hydrogens (tertiary/aromatic N) is 15. The standard InChI is InChI=1S/C36H30N6O.C35H30N4O2.C34H29N5O2/c1-24-11-15-26(16-12-24)33-22-34(42(39-33)36(43)29-8-6-7-28(21-29)32-19-20-37-38-32)31-23-41(30-9-4-3-5-10-30)40-35(31)27-17-13-25(2)14-18-27;1-23-12-16-26(17-13-23)32-21-33(39(36-32)35(41)29-9-7-8-28(20-29)25(3)40)31-22-38(30-10-5-4-6-11-30)37-34(31)27-18-14-24(2)15-19-27;1-22-9-13-25(14-10-22)31-19-32(39(36-31)34(41)28-7-4-6-27(18-28)24(3)40)30-21-38(29-8-5-17-35-20-29)37-33(30)26-15-11-23(2)12-16-26/h3-18,20-21,23,34H,19,22H2,1-2H3;4-20,22,33H,21H2,1-3H3;4-18,20-21,32H,19H2,1-3H3. The molecule has 0 fully saturated rings. The number of rotatable bonds is 18. The molecule has 0 bridgehead atoms. The molecule has 0 saturated carbocycles. The van der Waals surface area contributed by atoms with Gasteiger partial charge in [0.15, 0.2) is 11.6 Å². The number of Topliss-reactive ketones (excluding diaryl/α,β-unsaturated/α-hetero) is 2. The molecule has 3 atom stereocenters. The van der Waals surface area contributed by atoms with E-state index in [1.54, 1.807) is 86.8 Å². The Labute approximate surface area is 725 Å². The van der Waals surface area contributed by atoms with Crippen molar-refractivity contribution in [3.8, 4) is 50.8 Å². The maximum absolute atomic E-state index is 14.3. The largest absolute Gasteiger partial charge is 0.295 e. The number of hydrogen-bond donors (Lipinski definition) is 0. The lowest BCUT2D eigenvalue weighted by molar-refractivity contribution is 0.0704. The van der Waals surface area contributed by atoms with Crippen LogP contribution < -0.4 is 0 Å². The van der Waals surface area contributed by atoms with Crippen molar-refractivity contribution in [3.05, 3.63) is 422 Å². The number of amides is 3. The minimum absolute atomic E-state index is 0.0905. The Balaban J connectivity index is 0.000000133. The molecule has 4 aliphatic rings. The number of hydrogen-bond acceptors (Lipinski definition) is 14. The maximum Gasteiger partial charge on any atom is 0.274 e. The molecule has 8 heterocycles. The molecule has 0 spiro atoms. The number of pyridine rings is 1. The highest BCUT2D eigenvalue weighted by molar-refractivity contribution is 6.12. The van der Waals surface area contributed by atoms with Crippen molar-refractivity contribution in [1.82, 2.24) is 49.4 Å². The molecule has 11 aromatic carbocycles. The van der Waals surface area contributed by atoms with Crippen LogP contribution in [0.25, 0.3) is 50.8 Å². The number of hydrazone groups is 3. The summed E-state index contributed by atoms with van der Waals surface area (Å²) in [6, 6.07) is 93.4. The summed E-state index contributed by atoms with van der Waals surface area (Å²) in [6.45, 7) is 15.3. The zero-order valence-corrected chi connectivity index (χ0v) is 70.5. The Kier molecular flexibility index (Phi) is 23.5. The second kappa shape index (κ2) is 35.9. The first kappa shape index (κ1) is 81.7. The van der Waals surface area contributed by atoms with E-state index >= 15 is 0 Å². The Bertz CT molecular complexity index is 6460. The summed E-state index contributed by atoms with van der Waals surface area (Å²) >= 11 is 0. The molecular weight excluding hydrogens is 1550 g/mol. The van der Waals surface area contributed by atoms with Crippen molar-refractivity contribution in [2.75, 3.05) is 0 Å². The van der Waals surface area contributed by atoms with Crippen molar-refractivity contribution in [2.45, 2.75) is 99.2 Å². The molecule has 614 valence electrons. The molecule has 20 nitrogen and oxygen atoms in total. The van der Waals surface area contributed by atoms with Crippen molar-refractivity contribution in [1.29, 1.82) is 0 Å². The van der Waals surface area contributed by atoms with Crippen LogP contribution in [-0.2, 0) is 0 Å². The Morgan fingerprint density at radius 2 is 0.616 bits per heavy atom. The van der Waals surface area contributed by atoms with E-state index in [0.717, 1.165) is 135 Å². The molecule has 4 aliphatic heterocycles. The zero-order valence-electron chi connectivity index (χ0n) is 70.5. The first-order valence-electron chi connectivity index (χ1n) is 41.6. The van der Waals surface area contributed by atoms with Crippen LogP contribution in [0.5, 0.6) is 0 Å². The van der Waals surface area contributed by atoms with Crippen LogP contribution in [0.4, 0.5) is 0 Å². The van der Waals surface area contributed by atoms with Crippen LogP contribution in [0.15, 0.2) is 348 Å². The summed E-state index contributed by atoms with van der Waals surface area (Å²) in [4.78, 5) is 70.9. The highest BCUT2D eigenvalue weighted by atomic mass is 16.2. The highest BCUT2D eigenvalue weighted by Crippen LogP contribution is 2.44.